The molecule has 0 fully saturated rings. The van der Waals surface area contributed by atoms with Crippen molar-refractivity contribution in [1.29, 1.82) is 0 Å². The van der Waals surface area contributed by atoms with Gasteiger partial charge in [0.25, 0.3) is 0 Å². The van der Waals surface area contributed by atoms with Crippen LogP contribution in [0, 0.1) is 5.41 Å². The standard InChI is InChI=1S/C15H20ClNO2S/c1-15(2,7-8-18)10-17-14(11-4-3-9-19-11)12-5-6-13(16)20-12/h3-6,9,14,17-18H,7-8,10H2,1-2H3. The van der Waals surface area contributed by atoms with Crippen molar-refractivity contribution < 1.29 is 9.52 Å². The molecule has 0 spiro atoms. The third-order valence-corrected chi connectivity index (χ3v) is 4.58. The molecule has 3 nitrogen and oxygen atoms in total. The highest BCUT2D eigenvalue weighted by Gasteiger charge is 2.23. The average molecular weight is 314 g/mol. The fourth-order valence-electron chi connectivity index (χ4n) is 2.05. The van der Waals surface area contributed by atoms with Gasteiger partial charge >= 0.3 is 0 Å². The molecule has 0 bridgehead atoms. The number of furan rings is 1. The molecule has 2 aromatic rings. The lowest BCUT2D eigenvalue weighted by Gasteiger charge is -2.26. The third kappa shape index (κ3) is 4.09. The van der Waals surface area contributed by atoms with E-state index in [9.17, 15) is 0 Å². The number of aliphatic hydroxyl groups is 1. The monoisotopic (exact) mass is 313 g/mol. The van der Waals surface area contributed by atoms with Crippen molar-refractivity contribution in [2.75, 3.05) is 13.2 Å². The lowest BCUT2D eigenvalue weighted by atomic mass is 9.89. The van der Waals surface area contributed by atoms with Gasteiger partial charge in [0.2, 0.25) is 0 Å². The van der Waals surface area contributed by atoms with E-state index in [4.69, 9.17) is 21.1 Å². The van der Waals surface area contributed by atoms with E-state index in [1.54, 1.807) is 17.6 Å². The van der Waals surface area contributed by atoms with Crippen molar-refractivity contribution >= 4 is 22.9 Å². The Morgan fingerprint density at radius 2 is 2.20 bits per heavy atom. The van der Waals surface area contributed by atoms with Crippen LogP contribution in [-0.4, -0.2) is 18.3 Å². The molecule has 0 saturated carbocycles. The average Bonchev–Trinajstić information content (AvgIpc) is 3.01. The molecule has 0 radical (unpaired) electrons. The highest BCUT2D eigenvalue weighted by molar-refractivity contribution is 7.16. The molecule has 1 unspecified atom stereocenters. The van der Waals surface area contributed by atoms with Gasteiger partial charge in [-0.1, -0.05) is 25.4 Å². The van der Waals surface area contributed by atoms with E-state index in [2.05, 4.69) is 19.2 Å². The van der Waals surface area contributed by atoms with Crippen LogP contribution in [0.3, 0.4) is 0 Å². The van der Waals surface area contributed by atoms with Gasteiger partial charge in [-0.25, -0.2) is 0 Å². The first kappa shape index (κ1) is 15.6. The summed E-state index contributed by atoms with van der Waals surface area (Å²) in [5, 5.41) is 12.6. The lowest BCUT2D eigenvalue weighted by Crippen LogP contribution is -2.33. The van der Waals surface area contributed by atoms with Crippen molar-refractivity contribution in [3.63, 3.8) is 0 Å². The molecule has 110 valence electrons. The Balaban J connectivity index is 2.12. The van der Waals surface area contributed by atoms with Gasteiger partial charge in [-0.05, 0) is 36.1 Å². The molecule has 2 rings (SSSR count). The Morgan fingerprint density at radius 3 is 2.75 bits per heavy atom. The summed E-state index contributed by atoms with van der Waals surface area (Å²) < 4.78 is 6.31. The molecule has 2 heterocycles. The van der Waals surface area contributed by atoms with Crippen molar-refractivity contribution in [1.82, 2.24) is 5.32 Å². The Labute approximate surface area is 128 Å². The number of nitrogens with one attached hydrogen (secondary N) is 1. The minimum atomic E-state index is 0.000433. The largest absolute Gasteiger partial charge is 0.467 e. The Kier molecular flexibility index (Phi) is 5.27. The van der Waals surface area contributed by atoms with Gasteiger partial charge in [-0.15, -0.1) is 11.3 Å². The highest BCUT2D eigenvalue weighted by Crippen LogP contribution is 2.32. The van der Waals surface area contributed by atoms with E-state index in [-0.39, 0.29) is 18.1 Å². The zero-order valence-electron chi connectivity index (χ0n) is 11.7. The number of rotatable bonds is 7. The summed E-state index contributed by atoms with van der Waals surface area (Å²) in [5.74, 6) is 0.878. The van der Waals surface area contributed by atoms with Gasteiger partial charge in [0, 0.05) is 18.0 Å². The van der Waals surface area contributed by atoms with Gasteiger partial charge in [-0.3, -0.25) is 0 Å². The van der Waals surface area contributed by atoms with Crippen LogP contribution in [0.25, 0.3) is 0 Å². The maximum atomic E-state index is 9.11. The number of aliphatic hydroxyl groups excluding tert-OH is 1. The van der Waals surface area contributed by atoms with Crippen molar-refractivity contribution in [2.24, 2.45) is 5.41 Å². The highest BCUT2D eigenvalue weighted by atomic mass is 35.5. The Morgan fingerprint density at radius 1 is 1.40 bits per heavy atom. The molecule has 0 amide bonds. The second kappa shape index (κ2) is 6.76. The number of hydrogen-bond acceptors (Lipinski definition) is 4. The van der Waals surface area contributed by atoms with Crippen LogP contribution in [0.4, 0.5) is 0 Å². The molecule has 0 aliphatic rings. The molecule has 5 heteroatoms. The van der Waals surface area contributed by atoms with Gasteiger partial charge in [0.15, 0.2) is 0 Å². The second-order valence-electron chi connectivity index (χ2n) is 5.61. The van der Waals surface area contributed by atoms with Gasteiger partial charge < -0.3 is 14.8 Å². The lowest BCUT2D eigenvalue weighted by molar-refractivity contribution is 0.203. The van der Waals surface area contributed by atoms with Crippen LogP contribution < -0.4 is 5.32 Å². The fourth-order valence-corrected chi connectivity index (χ4v) is 3.19. The first-order valence-corrected chi connectivity index (χ1v) is 7.84. The summed E-state index contributed by atoms with van der Waals surface area (Å²) in [4.78, 5) is 1.13. The van der Waals surface area contributed by atoms with Crippen LogP contribution in [0.2, 0.25) is 4.34 Å². The fraction of sp³-hybridized carbons (Fsp3) is 0.467. The number of halogens is 1. The molecule has 0 aliphatic heterocycles. The van der Waals surface area contributed by atoms with Crippen LogP contribution in [0.1, 0.15) is 36.9 Å². The quantitative estimate of drug-likeness (QED) is 0.809. The Hall–Kier alpha value is -0.810. The summed E-state index contributed by atoms with van der Waals surface area (Å²) in [6, 6.07) is 7.77. The van der Waals surface area contributed by atoms with E-state index < -0.39 is 0 Å². The molecule has 2 aromatic heterocycles. The maximum absolute atomic E-state index is 9.11. The van der Waals surface area contributed by atoms with Gasteiger partial charge in [0.1, 0.15) is 11.8 Å². The molecular formula is C15H20ClNO2S. The summed E-state index contributed by atoms with van der Waals surface area (Å²) in [6.07, 6.45) is 2.44. The first-order valence-electron chi connectivity index (χ1n) is 6.65. The van der Waals surface area contributed by atoms with Crippen molar-refractivity contribution in [3.8, 4) is 0 Å². The summed E-state index contributed by atoms with van der Waals surface area (Å²) in [6.45, 7) is 5.26. The zero-order valence-corrected chi connectivity index (χ0v) is 13.3. The predicted octanol–water partition coefficient (Wildman–Crippen LogP) is 4.08. The predicted molar refractivity (Wildman–Crippen MR) is 83.4 cm³/mol. The molecule has 2 N–H and O–H groups in total. The van der Waals surface area contributed by atoms with Gasteiger partial charge in [0.05, 0.1) is 10.6 Å². The molecule has 0 aromatic carbocycles. The van der Waals surface area contributed by atoms with Crippen LogP contribution in [0.5, 0.6) is 0 Å². The van der Waals surface area contributed by atoms with E-state index in [0.29, 0.717) is 0 Å². The number of thiophene rings is 1. The number of hydrogen-bond donors (Lipinski definition) is 2. The summed E-state index contributed by atoms with van der Waals surface area (Å²) >= 11 is 7.58. The smallest absolute Gasteiger partial charge is 0.126 e. The topological polar surface area (TPSA) is 45.4 Å². The molecule has 0 aliphatic carbocycles. The summed E-state index contributed by atoms with van der Waals surface area (Å²) in [7, 11) is 0. The molecule has 1 atom stereocenters. The molecular weight excluding hydrogens is 294 g/mol. The van der Waals surface area contributed by atoms with Crippen molar-refractivity contribution in [3.05, 3.63) is 45.5 Å². The molecule has 20 heavy (non-hydrogen) atoms. The van der Waals surface area contributed by atoms with E-state index >= 15 is 0 Å². The SMILES string of the molecule is CC(C)(CCO)CNC(c1ccco1)c1ccc(Cl)s1. The van der Waals surface area contributed by atoms with E-state index in [1.165, 1.54) is 0 Å². The normalized spacial score (nSPS) is 13.6. The molecule has 0 saturated heterocycles. The minimum Gasteiger partial charge on any atom is -0.467 e. The van der Waals surface area contributed by atoms with E-state index in [0.717, 1.165) is 27.9 Å². The van der Waals surface area contributed by atoms with Gasteiger partial charge in [-0.2, -0.15) is 0 Å². The maximum Gasteiger partial charge on any atom is 0.126 e. The second-order valence-corrected chi connectivity index (χ2v) is 7.36. The van der Waals surface area contributed by atoms with Crippen LogP contribution in [-0.2, 0) is 0 Å². The minimum absolute atomic E-state index is 0.000433. The first-order chi connectivity index (χ1) is 9.52. The Bertz CT molecular complexity index is 522. The van der Waals surface area contributed by atoms with E-state index in [1.807, 2.05) is 24.3 Å². The zero-order chi connectivity index (χ0) is 14.6. The van der Waals surface area contributed by atoms with Crippen LogP contribution >= 0.6 is 22.9 Å². The third-order valence-electron chi connectivity index (χ3n) is 3.28. The van der Waals surface area contributed by atoms with Crippen molar-refractivity contribution in [2.45, 2.75) is 26.3 Å². The van der Waals surface area contributed by atoms with Crippen LogP contribution in [0.15, 0.2) is 34.9 Å². The summed E-state index contributed by atoms with van der Waals surface area (Å²) in [5.41, 5.74) is 0.0284.